The second-order valence-electron chi connectivity index (χ2n) is 4.95. The molecule has 0 aliphatic rings. The van der Waals surface area contributed by atoms with Crippen LogP contribution in [0.25, 0.3) is 10.9 Å². The molecule has 6 heteroatoms. The lowest BCUT2D eigenvalue weighted by Crippen LogP contribution is -2.11. The molecule has 0 N–H and O–H groups in total. The van der Waals surface area contributed by atoms with Gasteiger partial charge in [0.25, 0.3) is 10.0 Å². The van der Waals surface area contributed by atoms with Crippen molar-refractivity contribution >= 4 is 43.1 Å². The maximum absolute atomic E-state index is 12.8. The van der Waals surface area contributed by atoms with Crippen LogP contribution in [-0.2, 0) is 10.0 Å². The van der Waals surface area contributed by atoms with Crippen LogP contribution in [-0.4, -0.2) is 18.7 Å². The molecule has 0 unspecified atom stereocenters. The van der Waals surface area contributed by atoms with Crippen LogP contribution in [0.4, 0.5) is 0 Å². The Balaban J connectivity index is 2.30. The summed E-state index contributed by atoms with van der Waals surface area (Å²) in [6.07, 6.45) is 2.20. The highest BCUT2D eigenvalue weighted by Crippen LogP contribution is 2.31. The van der Waals surface area contributed by atoms with Gasteiger partial charge in [0, 0.05) is 21.6 Å². The van der Waals surface area contributed by atoms with Crippen LogP contribution < -0.4 is 0 Å². The predicted molar refractivity (Wildman–Crippen MR) is 88.8 cm³/mol. The highest BCUT2D eigenvalue weighted by atomic mass is 79.9. The molecule has 1 heterocycles. The van der Waals surface area contributed by atoms with Crippen LogP contribution in [0.2, 0.25) is 0 Å². The lowest BCUT2D eigenvalue weighted by Gasteiger charge is -2.08. The van der Waals surface area contributed by atoms with Gasteiger partial charge in [-0.25, -0.2) is 12.4 Å². The molecule has 0 aliphatic carbocycles. The van der Waals surface area contributed by atoms with E-state index in [4.69, 9.17) is 0 Å². The smallest absolute Gasteiger partial charge is 0.268 e. The Morgan fingerprint density at radius 3 is 2.41 bits per heavy atom. The second kappa shape index (κ2) is 5.37. The van der Waals surface area contributed by atoms with Gasteiger partial charge >= 0.3 is 0 Å². The molecule has 3 aromatic rings. The highest BCUT2D eigenvalue weighted by molar-refractivity contribution is 9.10. The van der Waals surface area contributed by atoms with E-state index >= 15 is 0 Å². The zero-order chi connectivity index (χ0) is 15.9. The van der Waals surface area contributed by atoms with Gasteiger partial charge in [0.1, 0.15) is 0 Å². The van der Waals surface area contributed by atoms with Crippen LogP contribution in [0, 0.1) is 6.92 Å². The minimum absolute atomic E-state index is 0.207. The number of hydrogen-bond acceptors (Lipinski definition) is 3. The lowest BCUT2D eigenvalue weighted by molar-refractivity contribution is 0.112. The Bertz CT molecular complexity index is 973. The van der Waals surface area contributed by atoms with Gasteiger partial charge in [-0.2, -0.15) is 0 Å². The van der Waals surface area contributed by atoms with Gasteiger partial charge in [-0.05, 0) is 41.1 Å². The topological polar surface area (TPSA) is 56.1 Å². The van der Waals surface area contributed by atoms with Gasteiger partial charge in [0.2, 0.25) is 0 Å². The summed E-state index contributed by atoms with van der Waals surface area (Å²) < 4.78 is 27.4. The maximum atomic E-state index is 12.8. The molecule has 3 rings (SSSR count). The van der Waals surface area contributed by atoms with Gasteiger partial charge in [0.05, 0.1) is 10.4 Å². The Hall–Kier alpha value is -1.92. The van der Waals surface area contributed by atoms with Gasteiger partial charge in [0.15, 0.2) is 6.29 Å². The molecule has 0 saturated heterocycles. The minimum atomic E-state index is -3.72. The molecule has 0 amide bonds. The lowest BCUT2D eigenvalue weighted by atomic mass is 10.1. The summed E-state index contributed by atoms with van der Waals surface area (Å²) in [4.78, 5) is 11.4. The maximum Gasteiger partial charge on any atom is 0.268 e. The van der Waals surface area contributed by atoms with Crippen molar-refractivity contribution in [2.45, 2.75) is 11.8 Å². The molecule has 1 aromatic heterocycles. The molecule has 0 fully saturated rings. The van der Waals surface area contributed by atoms with E-state index in [0.717, 1.165) is 11.8 Å². The molecule has 4 nitrogen and oxygen atoms in total. The SMILES string of the molecule is Cc1ccc(S(=O)(=O)n2cc(Br)c3c(C=O)cccc32)cc1. The summed E-state index contributed by atoms with van der Waals surface area (Å²) in [5.74, 6) is 0. The molecule has 0 saturated carbocycles. The first-order chi connectivity index (χ1) is 10.4. The molecule has 0 bridgehead atoms. The van der Waals surface area contributed by atoms with Crippen molar-refractivity contribution in [1.82, 2.24) is 3.97 Å². The number of aldehydes is 1. The molecule has 0 radical (unpaired) electrons. The standard InChI is InChI=1S/C16H12BrNO3S/c1-11-5-7-13(8-6-11)22(20,21)18-9-14(17)16-12(10-19)3-2-4-15(16)18/h2-10H,1H3. The van der Waals surface area contributed by atoms with E-state index in [9.17, 15) is 13.2 Å². The number of halogens is 1. The number of fused-ring (bicyclic) bond motifs is 1. The van der Waals surface area contributed by atoms with E-state index in [1.165, 1.54) is 10.2 Å². The number of aryl methyl sites for hydroxylation is 1. The van der Waals surface area contributed by atoms with E-state index in [-0.39, 0.29) is 4.90 Å². The predicted octanol–water partition coefficient (Wildman–Crippen LogP) is 3.76. The fraction of sp³-hybridized carbons (Fsp3) is 0.0625. The average Bonchev–Trinajstić information content (AvgIpc) is 2.86. The van der Waals surface area contributed by atoms with Crippen LogP contribution in [0.15, 0.2) is 58.0 Å². The summed E-state index contributed by atoms with van der Waals surface area (Å²) >= 11 is 3.34. The second-order valence-corrected chi connectivity index (χ2v) is 7.62. The van der Waals surface area contributed by atoms with Crippen molar-refractivity contribution in [2.24, 2.45) is 0 Å². The van der Waals surface area contributed by atoms with E-state index in [0.29, 0.717) is 20.9 Å². The summed E-state index contributed by atoms with van der Waals surface area (Å²) in [6, 6.07) is 11.7. The Morgan fingerprint density at radius 2 is 1.77 bits per heavy atom. The fourth-order valence-electron chi connectivity index (χ4n) is 2.36. The van der Waals surface area contributed by atoms with Gasteiger partial charge in [-0.1, -0.05) is 29.8 Å². The third-order valence-electron chi connectivity index (χ3n) is 3.49. The van der Waals surface area contributed by atoms with Gasteiger partial charge in [-0.15, -0.1) is 0 Å². The van der Waals surface area contributed by atoms with Crippen LogP contribution in [0.5, 0.6) is 0 Å². The van der Waals surface area contributed by atoms with Crippen LogP contribution >= 0.6 is 15.9 Å². The number of carbonyl (C=O) groups excluding carboxylic acids is 1. The van der Waals surface area contributed by atoms with E-state index < -0.39 is 10.0 Å². The van der Waals surface area contributed by atoms with Gasteiger partial charge in [-0.3, -0.25) is 4.79 Å². The largest absolute Gasteiger partial charge is 0.298 e. The number of aromatic nitrogens is 1. The molecule has 22 heavy (non-hydrogen) atoms. The number of nitrogens with zero attached hydrogens (tertiary/aromatic N) is 1. The number of rotatable bonds is 3. The van der Waals surface area contributed by atoms with E-state index in [1.807, 2.05) is 6.92 Å². The molecule has 0 atom stereocenters. The fourth-order valence-corrected chi connectivity index (χ4v) is 4.49. The average molecular weight is 378 g/mol. The third kappa shape index (κ3) is 2.28. The third-order valence-corrected chi connectivity index (χ3v) is 5.78. The number of carbonyl (C=O) groups is 1. The zero-order valence-electron chi connectivity index (χ0n) is 11.7. The zero-order valence-corrected chi connectivity index (χ0v) is 14.1. The molecule has 112 valence electrons. The first-order valence-electron chi connectivity index (χ1n) is 6.52. The normalized spacial score (nSPS) is 11.7. The van der Waals surface area contributed by atoms with Crippen LogP contribution in [0.1, 0.15) is 15.9 Å². The minimum Gasteiger partial charge on any atom is -0.298 e. The Labute approximate surface area is 136 Å². The molecule has 0 aliphatic heterocycles. The summed E-state index contributed by atoms with van der Waals surface area (Å²) in [7, 11) is -3.72. The Morgan fingerprint density at radius 1 is 1.09 bits per heavy atom. The number of hydrogen-bond donors (Lipinski definition) is 0. The van der Waals surface area contributed by atoms with Crippen LogP contribution in [0.3, 0.4) is 0 Å². The van der Waals surface area contributed by atoms with E-state index in [2.05, 4.69) is 15.9 Å². The van der Waals surface area contributed by atoms with Crippen molar-refractivity contribution in [3.63, 3.8) is 0 Å². The molecular formula is C16H12BrNO3S. The van der Waals surface area contributed by atoms with Crippen molar-refractivity contribution in [3.05, 3.63) is 64.3 Å². The molecule has 0 spiro atoms. The highest BCUT2D eigenvalue weighted by Gasteiger charge is 2.21. The quantitative estimate of drug-likeness (QED) is 0.652. The van der Waals surface area contributed by atoms with Gasteiger partial charge < -0.3 is 0 Å². The van der Waals surface area contributed by atoms with Crippen molar-refractivity contribution < 1.29 is 13.2 Å². The van der Waals surface area contributed by atoms with E-state index in [1.54, 1.807) is 42.5 Å². The first kappa shape index (κ1) is 15.0. The summed E-state index contributed by atoms with van der Waals surface area (Å²) in [6.45, 7) is 1.90. The Kier molecular flexibility index (Phi) is 3.66. The van der Waals surface area contributed by atoms with Crippen molar-refractivity contribution in [3.8, 4) is 0 Å². The molecule has 2 aromatic carbocycles. The van der Waals surface area contributed by atoms with Crippen molar-refractivity contribution in [2.75, 3.05) is 0 Å². The summed E-state index contributed by atoms with van der Waals surface area (Å²) in [5.41, 5.74) is 1.90. The molecular weight excluding hydrogens is 366 g/mol. The van der Waals surface area contributed by atoms with Crippen molar-refractivity contribution in [1.29, 1.82) is 0 Å². The monoisotopic (exact) mass is 377 g/mol. The first-order valence-corrected chi connectivity index (χ1v) is 8.75. The summed E-state index contributed by atoms with van der Waals surface area (Å²) in [5, 5.41) is 0.591. The number of benzene rings is 2.